The van der Waals surface area contributed by atoms with Gasteiger partial charge in [-0.3, -0.25) is 0 Å². The topological polar surface area (TPSA) is 33.1 Å². The molecule has 0 saturated carbocycles. The predicted octanol–water partition coefficient (Wildman–Crippen LogP) is 0.826. The molecule has 14 heavy (non-hydrogen) atoms. The molecule has 0 amide bonds. The smallest absolute Gasteiger partial charge is 0.114 e. The molecule has 0 unspecified atom stereocenters. The number of hydrogen-bond donors (Lipinski definition) is 1. The fourth-order valence-corrected chi connectivity index (χ4v) is 1.29. The van der Waals surface area contributed by atoms with Gasteiger partial charge in [0, 0.05) is 20.6 Å². The zero-order valence-electron chi connectivity index (χ0n) is 9.49. The molecule has 4 heteroatoms. The van der Waals surface area contributed by atoms with Crippen LogP contribution < -0.4 is 10.3 Å². The number of nitrogens with one attached hydrogen (secondary N) is 1. The Morgan fingerprint density at radius 3 is 2.79 bits per heavy atom. The molecule has 0 saturated heterocycles. The van der Waals surface area contributed by atoms with Crippen molar-refractivity contribution in [2.24, 2.45) is 5.92 Å². The van der Waals surface area contributed by atoms with Crippen LogP contribution in [0.5, 0.6) is 0 Å². The molecule has 0 aliphatic rings. The SMILES string of the molecule is CC(C)CNCc1cncn1N(C)C. The summed E-state index contributed by atoms with van der Waals surface area (Å²) < 4.78 is 2.04. The minimum absolute atomic E-state index is 0.686. The van der Waals surface area contributed by atoms with Crippen LogP contribution in [-0.2, 0) is 6.54 Å². The Labute approximate surface area is 85.9 Å². The van der Waals surface area contributed by atoms with Crippen molar-refractivity contribution in [1.82, 2.24) is 15.0 Å². The molecular formula is C10H20N4. The van der Waals surface area contributed by atoms with Crippen LogP contribution in [0.4, 0.5) is 0 Å². The molecule has 0 aliphatic carbocycles. The van der Waals surface area contributed by atoms with E-state index < -0.39 is 0 Å². The van der Waals surface area contributed by atoms with Gasteiger partial charge >= 0.3 is 0 Å². The highest BCUT2D eigenvalue weighted by Crippen LogP contribution is 1.98. The zero-order valence-corrected chi connectivity index (χ0v) is 9.49. The molecule has 4 nitrogen and oxygen atoms in total. The van der Waals surface area contributed by atoms with Crippen molar-refractivity contribution in [2.45, 2.75) is 20.4 Å². The van der Waals surface area contributed by atoms with Crippen molar-refractivity contribution < 1.29 is 0 Å². The average Bonchev–Trinajstić information content (AvgIpc) is 2.51. The minimum atomic E-state index is 0.686. The summed E-state index contributed by atoms with van der Waals surface area (Å²) in [6.45, 7) is 6.32. The largest absolute Gasteiger partial charge is 0.318 e. The van der Waals surface area contributed by atoms with Gasteiger partial charge in [0.05, 0.1) is 11.9 Å². The lowest BCUT2D eigenvalue weighted by molar-refractivity contribution is 0.536. The first-order valence-corrected chi connectivity index (χ1v) is 5.00. The number of nitrogens with zero attached hydrogens (tertiary/aromatic N) is 3. The quantitative estimate of drug-likeness (QED) is 0.757. The lowest BCUT2D eigenvalue weighted by Gasteiger charge is -2.17. The fourth-order valence-electron chi connectivity index (χ4n) is 1.29. The number of hydrogen-bond acceptors (Lipinski definition) is 3. The van der Waals surface area contributed by atoms with Crippen LogP contribution >= 0.6 is 0 Å². The van der Waals surface area contributed by atoms with Crippen LogP contribution in [0.2, 0.25) is 0 Å². The molecule has 0 aliphatic heterocycles. The minimum Gasteiger partial charge on any atom is -0.318 e. The van der Waals surface area contributed by atoms with E-state index in [4.69, 9.17) is 0 Å². The van der Waals surface area contributed by atoms with Gasteiger partial charge in [0.2, 0.25) is 0 Å². The second-order valence-corrected chi connectivity index (χ2v) is 4.10. The van der Waals surface area contributed by atoms with Gasteiger partial charge in [-0.1, -0.05) is 13.8 Å². The number of rotatable bonds is 5. The monoisotopic (exact) mass is 196 g/mol. The zero-order chi connectivity index (χ0) is 10.6. The van der Waals surface area contributed by atoms with Gasteiger partial charge in [-0.25, -0.2) is 9.66 Å². The van der Waals surface area contributed by atoms with E-state index in [9.17, 15) is 0 Å². The third-order valence-corrected chi connectivity index (χ3v) is 1.98. The van der Waals surface area contributed by atoms with Crippen molar-refractivity contribution in [2.75, 3.05) is 25.6 Å². The van der Waals surface area contributed by atoms with Gasteiger partial charge in [0.25, 0.3) is 0 Å². The van der Waals surface area contributed by atoms with E-state index in [0.29, 0.717) is 5.92 Å². The molecule has 0 spiro atoms. The van der Waals surface area contributed by atoms with E-state index in [1.165, 1.54) is 5.69 Å². The maximum Gasteiger partial charge on any atom is 0.114 e. The molecule has 0 fully saturated rings. The van der Waals surface area contributed by atoms with Crippen molar-refractivity contribution >= 4 is 0 Å². The van der Waals surface area contributed by atoms with Crippen LogP contribution in [0, 0.1) is 5.92 Å². The third-order valence-electron chi connectivity index (χ3n) is 1.98. The second-order valence-electron chi connectivity index (χ2n) is 4.10. The van der Waals surface area contributed by atoms with Crippen molar-refractivity contribution in [3.63, 3.8) is 0 Å². The van der Waals surface area contributed by atoms with Crippen LogP contribution in [0.3, 0.4) is 0 Å². The molecular weight excluding hydrogens is 176 g/mol. The molecule has 0 atom stereocenters. The van der Waals surface area contributed by atoms with E-state index >= 15 is 0 Å². The summed E-state index contributed by atoms with van der Waals surface area (Å²) in [4.78, 5) is 4.12. The maximum atomic E-state index is 4.12. The Hall–Kier alpha value is -1.03. The Morgan fingerprint density at radius 1 is 1.50 bits per heavy atom. The Morgan fingerprint density at radius 2 is 2.21 bits per heavy atom. The maximum absolute atomic E-state index is 4.12. The first-order chi connectivity index (χ1) is 6.61. The molecule has 1 N–H and O–H groups in total. The van der Waals surface area contributed by atoms with Crippen molar-refractivity contribution in [3.05, 3.63) is 18.2 Å². The second kappa shape index (κ2) is 5.00. The Kier molecular flexibility index (Phi) is 3.95. The molecule has 1 aromatic heterocycles. The van der Waals surface area contributed by atoms with E-state index in [1.54, 1.807) is 0 Å². The fraction of sp³-hybridized carbons (Fsp3) is 0.700. The van der Waals surface area contributed by atoms with Crippen LogP contribution in [-0.4, -0.2) is 30.3 Å². The van der Waals surface area contributed by atoms with E-state index in [1.807, 2.05) is 36.3 Å². The highest BCUT2D eigenvalue weighted by Gasteiger charge is 2.02. The molecule has 80 valence electrons. The summed E-state index contributed by atoms with van der Waals surface area (Å²) in [5.41, 5.74) is 1.19. The lowest BCUT2D eigenvalue weighted by atomic mass is 10.2. The Balaban J connectivity index is 2.46. The van der Waals surface area contributed by atoms with Gasteiger partial charge in [0.1, 0.15) is 6.33 Å². The summed E-state index contributed by atoms with van der Waals surface area (Å²) in [7, 11) is 4.02. The summed E-state index contributed by atoms with van der Waals surface area (Å²) in [5, 5.41) is 5.41. The molecule has 1 aromatic rings. The van der Waals surface area contributed by atoms with Gasteiger partial charge in [-0.2, -0.15) is 0 Å². The van der Waals surface area contributed by atoms with Gasteiger partial charge in [0.15, 0.2) is 0 Å². The van der Waals surface area contributed by atoms with Gasteiger partial charge in [-0.15, -0.1) is 0 Å². The standard InChI is InChI=1S/C10H20N4/c1-9(2)5-11-6-10-7-12-8-14(10)13(3)4/h7-9,11H,5-6H2,1-4H3. The number of imidazole rings is 1. The summed E-state index contributed by atoms with van der Waals surface area (Å²) in [6, 6.07) is 0. The first-order valence-electron chi connectivity index (χ1n) is 5.00. The molecule has 1 heterocycles. The van der Waals surface area contributed by atoms with Crippen LogP contribution in [0.15, 0.2) is 12.5 Å². The number of aromatic nitrogens is 2. The summed E-state index contributed by atoms with van der Waals surface area (Å²) >= 11 is 0. The van der Waals surface area contributed by atoms with Crippen LogP contribution in [0.1, 0.15) is 19.5 Å². The Bertz CT molecular complexity index is 265. The van der Waals surface area contributed by atoms with E-state index in [-0.39, 0.29) is 0 Å². The first kappa shape index (κ1) is 11.0. The lowest BCUT2D eigenvalue weighted by Crippen LogP contribution is -2.28. The van der Waals surface area contributed by atoms with Crippen molar-refractivity contribution in [1.29, 1.82) is 0 Å². The third kappa shape index (κ3) is 3.03. The normalized spacial score (nSPS) is 10.9. The molecule has 1 rings (SSSR count). The summed E-state index contributed by atoms with van der Waals surface area (Å²) in [6.07, 6.45) is 3.72. The highest BCUT2D eigenvalue weighted by molar-refractivity contribution is 5.01. The molecule has 0 bridgehead atoms. The molecule has 0 radical (unpaired) electrons. The molecule has 0 aromatic carbocycles. The van der Waals surface area contributed by atoms with Gasteiger partial charge < -0.3 is 10.3 Å². The van der Waals surface area contributed by atoms with Crippen LogP contribution in [0.25, 0.3) is 0 Å². The predicted molar refractivity (Wildman–Crippen MR) is 58.8 cm³/mol. The summed E-state index contributed by atoms with van der Waals surface area (Å²) in [5.74, 6) is 0.686. The van der Waals surface area contributed by atoms with Crippen molar-refractivity contribution in [3.8, 4) is 0 Å². The van der Waals surface area contributed by atoms with E-state index in [0.717, 1.165) is 13.1 Å². The van der Waals surface area contributed by atoms with Gasteiger partial charge in [-0.05, 0) is 12.5 Å². The average molecular weight is 196 g/mol. The van der Waals surface area contributed by atoms with E-state index in [2.05, 4.69) is 24.1 Å². The highest BCUT2D eigenvalue weighted by atomic mass is 15.5.